The first kappa shape index (κ1) is 8.70. The van der Waals surface area contributed by atoms with Crippen molar-refractivity contribution in [2.75, 3.05) is 13.7 Å². The fourth-order valence-corrected chi connectivity index (χ4v) is 1.77. The first-order valence-corrected chi connectivity index (χ1v) is 4.83. The maximum atomic E-state index is 4.44. The summed E-state index contributed by atoms with van der Waals surface area (Å²) in [4.78, 5) is 6.71. The number of fused-ring (bicyclic) bond motifs is 1. The van der Waals surface area contributed by atoms with Gasteiger partial charge in [-0.25, -0.2) is 0 Å². The quantitative estimate of drug-likeness (QED) is 0.595. The van der Waals surface area contributed by atoms with Crippen molar-refractivity contribution in [2.45, 2.75) is 19.9 Å². The van der Waals surface area contributed by atoms with Gasteiger partial charge in [0.2, 0.25) is 0 Å². The minimum atomic E-state index is 0.433. The van der Waals surface area contributed by atoms with Gasteiger partial charge in [0.15, 0.2) is 0 Å². The Bertz CT molecular complexity index is 297. The van der Waals surface area contributed by atoms with Crippen LogP contribution in [0.4, 0.5) is 0 Å². The van der Waals surface area contributed by atoms with Gasteiger partial charge in [-0.3, -0.25) is 9.89 Å². The van der Waals surface area contributed by atoms with E-state index in [1.165, 1.54) is 11.3 Å². The smallest absolute Gasteiger partial charge is 0.0919 e. The van der Waals surface area contributed by atoms with Gasteiger partial charge in [-0.15, -0.1) is 0 Å². The summed E-state index contributed by atoms with van der Waals surface area (Å²) in [5.41, 5.74) is 2.64. The molecule has 0 N–H and O–H groups in total. The SMILES string of the molecule is CC(C)C1=CC2C(=NCN2C)C=C1. The summed E-state index contributed by atoms with van der Waals surface area (Å²) in [5, 5.41) is 0. The van der Waals surface area contributed by atoms with Gasteiger partial charge in [-0.05, 0) is 24.6 Å². The van der Waals surface area contributed by atoms with Crippen LogP contribution in [0.15, 0.2) is 28.8 Å². The number of hydrogen-bond acceptors (Lipinski definition) is 2. The molecule has 70 valence electrons. The van der Waals surface area contributed by atoms with Crippen LogP contribution in [-0.2, 0) is 0 Å². The molecule has 0 bridgehead atoms. The average Bonchev–Trinajstić information content (AvgIpc) is 2.47. The Morgan fingerprint density at radius 1 is 1.46 bits per heavy atom. The van der Waals surface area contributed by atoms with Crippen molar-refractivity contribution in [3.05, 3.63) is 23.8 Å². The predicted molar refractivity (Wildman–Crippen MR) is 55.9 cm³/mol. The Labute approximate surface area is 79.7 Å². The molecule has 0 spiro atoms. The Morgan fingerprint density at radius 2 is 2.23 bits per heavy atom. The highest BCUT2D eigenvalue weighted by atomic mass is 15.2. The molecule has 13 heavy (non-hydrogen) atoms. The number of rotatable bonds is 1. The monoisotopic (exact) mass is 176 g/mol. The van der Waals surface area contributed by atoms with Crippen LogP contribution in [0.1, 0.15) is 13.8 Å². The van der Waals surface area contributed by atoms with Gasteiger partial charge in [-0.1, -0.05) is 26.0 Å². The van der Waals surface area contributed by atoms with E-state index in [1.807, 2.05) is 0 Å². The molecular weight excluding hydrogens is 160 g/mol. The van der Waals surface area contributed by atoms with E-state index in [0.29, 0.717) is 12.0 Å². The highest BCUT2D eigenvalue weighted by Gasteiger charge is 2.25. The van der Waals surface area contributed by atoms with E-state index in [-0.39, 0.29) is 0 Å². The summed E-state index contributed by atoms with van der Waals surface area (Å²) in [6.07, 6.45) is 6.68. The number of allylic oxidation sites excluding steroid dienone is 2. The van der Waals surface area contributed by atoms with Gasteiger partial charge in [0.25, 0.3) is 0 Å². The van der Waals surface area contributed by atoms with Crippen LogP contribution in [0, 0.1) is 5.92 Å². The molecule has 0 saturated carbocycles. The zero-order valence-electron chi connectivity index (χ0n) is 8.49. The zero-order chi connectivity index (χ0) is 9.42. The van der Waals surface area contributed by atoms with Crippen LogP contribution in [-0.4, -0.2) is 30.4 Å². The molecule has 2 heteroatoms. The Hall–Kier alpha value is -0.890. The van der Waals surface area contributed by atoms with Crippen molar-refractivity contribution in [1.29, 1.82) is 0 Å². The highest BCUT2D eigenvalue weighted by Crippen LogP contribution is 2.22. The lowest BCUT2D eigenvalue weighted by molar-refractivity contribution is 0.369. The fraction of sp³-hybridized carbons (Fsp3) is 0.545. The summed E-state index contributed by atoms with van der Waals surface area (Å²) in [6, 6.07) is 0.433. The molecule has 2 nitrogen and oxygen atoms in total. The topological polar surface area (TPSA) is 15.6 Å². The second-order valence-corrected chi connectivity index (χ2v) is 4.08. The molecular formula is C11H16N2. The van der Waals surface area contributed by atoms with E-state index < -0.39 is 0 Å². The van der Waals surface area contributed by atoms with Crippen molar-refractivity contribution >= 4 is 5.71 Å². The van der Waals surface area contributed by atoms with Crippen molar-refractivity contribution in [2.24, 2.45) is 10.9 Å². The normalized spacial score (nSPS) is 27.5. The summed E-state index contributed by atoms with van der Waals surface area (Å²) in [6.45, 7) is 5.30. The van der Waals surface area contributed by atoms with Gasteiger partial charge >= 0.3 is 0 Å². The van der Waals surface area contributed by atoms with E-state index in [2.05, 4.69) is 49.0 Å². The lowest BCUT2D eigenvalue weighted by Gasteiger charge is -2.21. The molecule has 1 atom stereocenters. The van der Waals surface area contributed by atoms with Crippen molar-refractivity contribution in [3.63, 3.8) is 0 Å². The van der Waals surface area contributed by atoms with E-state index in [4.69, 9.17) is 0 Å². The van der Waals surface area contributed by atoms with Crippen LogP contribution in [0.25, 0.3) is 0 Å². The molecule has 1 heterocycles. The maximum Gasteiger partial charge on any atom is 0.0919 e. The average molecular weight is 176 g/mol. The molecule has 2 aliphatic rings. The molecule has 1 aliphatic carbocycles. The molecule has 1 aliphatic heterocycles. The molecule has 0 radical (unpaired) electrons. The van der Waals surface area contributed by atoms with E-state index in [0.717, 1.165) is 6.67 Å². The van der Waals surface area contributed by atoms with Crippen LogP contribution >= 0.6 is 0 Å². The Kier molecular flexibility index (Phi) is 2.08. The molecule has 0 aromatic heterocycles. The van der Waals surface area contributed by atoms with Gasteiger partial charge in [0.1, 0.15) is 0 Å². The standard InChI is InChI=1S/C11H16N2/c1-8(2)9-4-5-10-11(6-9)13(3)7-12-10/h4-6,8,11H,7H2,1-3H3. The predicted octanol–water partition coefficient (Wildman–Crippen LogP) is 1.85. The molecule has 1 unspecified atom stereocenters. The molecule has 0 fully saturated rings. The number of nitrogens with zero attached hydrogens (tertiary/aromatic N) is 2. The van der Waals surface area contributed by atoms with Crippen molar-refractivity contribution in [1.82, 2.24) is 4.90 Å². The minimum Gasteiger partial charge on any atom is -0.275 e. The summed E-state index contributed by atoms with van der Waals surface area (Å²) in [7, 11) is 2.12. The number of hydrogen-bond donors (Lipinski definition) is 0. The summed E-state index contributed by atoms with van der Waals surface area (Å²) < 4.78 is 0. The third-order valence-electron chi connectivity index (χ3n) is 2.72. The molecule has 0 aromatic carbocycles. The minimum absolute atomic E-state index is 0.433. The lowest BCUT2D eigenvalue weighted by atomic mass is 9.93. The third-order valence-corrected chi connectivity index (χ3v) is 2.72. The van der Waals surface area contributed by atoms with Gasteiger partial charge in [0, 0.05) is 0 Å². The maximum absolute atomic E-state index is 4.44. The number of likely N-dealkylation sites (N-methyl/N-ethyl adjacent to an activating group) is 1. The Morgan fingerprint density at radius 3 is 2.92 bits per heavy atom. The summed E-state index contributed by atoms with van der Waals surface area (Å²) in [5.74, 6) is 0.617. The number of aliphatic imine (C=N–C) groups is 1. The van der Waals surface area contributed by atoms with Crippen LogP contribution in [0.2, 0.25) is 0 Å². The van der Waals surface area contributed by atoms with Gasteiger partial charge in [-0.2, -0.15) is 0 Å². The largest absolute Gasteiger partial charge is 0.275 e. The second-order valence-electron chi connectivity index (χ2n) is 4.08. The van der Waals surface area contributed by atoms with Crippen LogP contribution < -0.4 is 0 Å². The molecule has 2 rings (SSSR count). The molecule has 0 aromatic rings. The lowest BCUT2D eigenvalue weighted by Crippen LogP contribution is -2.31. The fourth-order valence-electron chi connectivity index (χ4n) is 1.77. The van der Waals surface area contributed by atoms with E-state index >= 15 is 0 Å². The molecule has 0 saturated heterocycles. The molecule has 0 amide bonds. The van der Waals surface area contributed by atoms with Gasteiger partial charge in [0.05, 0.1) is 18.4 Å². The first-order chi connectivity index (χ1) is 6.18. The highest BCUT2D eigenvalue weighted by molar-refractivity contribution is 6.03. The Balaban J connectivity index is 2.26. The van der Waals surface area contributed by atoms with Crippen LogP contribution in [0.3, 0.4) is 0 Å². The zero-order valence-corrected chi connectivity index (χ0v) is 8.49. The van der Waals surface area contributed by atoms with E-state index in [1.54, 1.807) is 0 Å². The van der Waals surface area contributed by atoms with Gasteiger partial charge < -0.3 is 0 Å². The summed E-state index contributed by atoms with van der Waals surface area (Å²) >= 11 is 0. The van der Waals surface area contributed by atoms with Crippen molar-refractivity contribution < 1.29 is 0 Å². The van der Waals surface area contributed by atoms with Crippen LogP contribution in [0.5, 0.6) is 0 Å². The second kappa shape index (κ2) is 3.11. The van der Waals surface area contributed by atoms with Crippen molar-refractivity contribution in [3.8, 4) is 0 Å². The third kappa shape index (κ3) is 1.46. The first-order valence-electron chi connectivity index (χ1n) is 4.83. The van der Waals surface area contributed by atoms with E-state index in [9.17, 15) is 0 Å².